The van der Waals surface area contributed by atoms with Gasteiger partial charge in [-0.2, -0.15) is 5.10 Å². The Morgan fingerprint density at radius 2 is 1.55 bits per heavy atom. The van der Waals surface area contributed by atoms with Gasteiger partial charge in [-0.1, -0.05) is 41.5 Å². The van der Waals surface area contributed by atoms with Crippen molar-refractivity contribution in [1.29, 1.82) is 0 Å². The number of aliphatic imine (C=N–C) groups is 1. The zero-order valence-corrected chi connectivity index (χ0v) is 32.0. The van der Waals surface area contributed by atoms with E-state index >= 15 is 4.11 Å². The number of halogens is 1. The molecular weight excluding hydrogens is 676 g/mol. The van der Waals surface area contributed by atoms with Crippen LogP contribution in [0.1, 0.15) is 54.4 Å². The van der Waals surface area contributed by atoms with E-state index in [0.717, 1.165) is 15.9 Å². The minimum atomic E-state index is -3.63. The summed E-state index contributed by atoms with van der Waals surface area (Å²) in [4.78, 5) is 52.4. The molecule has 0 unspecified atom stereocenters. The van der Waals surface area contributed by atoms with Crippen LogP contribution in [0.4, 0.5) is 4.11 Å². The van der Waals surface area contributed by atoms with E-state index in [0.29, 0.717) is 37.3 Å². The normalized spacial score (nSPS) is 14.4. The minimum absolute atomic E-state index is 0.00376. The average Bonchev–Trinajstić information content (AvgIpc) is 3.59. The van der Waals surface area contributed by atoms with E-state index in [2.05, 4.69) is 20.7 Å². The van der Waals surface area contributed by atoms with Crippen molar-refractivity contribution in [2.45, 2.75) is 71.0 Å². The van der Waals surface area contributed by atoms with E-state index in [-0.39, 0.29) is 57.5 Å². The Morgan fingerprint density at radius 1 is 0.961 bits per heavy atom. The number of fused-ring (bicyclic) bond motifs is 1. The maximum absolute atomic E-state index is 17.6. The highest BCUT2D eigenvalue weighted by Gasteiger charge is 2.61. The van der Waals surface area contributed by atoms with Gasteiger partial charge in [-0.15, -0.1) is 0 Å². The zero-order valence-electron chi connectivity index (χ0n) is 31.0. The number of rotatable bonds is 19. The number of aromatic nitrogens is 2. The Balaban J connectivity index is 1.36. The van der Waals surface area contributed by atoms with Gasteiger partial charge in [0.15, 0.2) is 0 Å². The lowest BCUT2D eigenvalue weighted by Gasteiger charge is -2.43. The molecule has 0 aromatic carbocycles. The number of amides is 4. The molecular formula is C35H54FN8O6Si+. The number of carbonyl (C=O) groups is 4. The summed E-state index contributed by atoms with van der Waals surface area (Å²) in [5, 5.41) is 9.88. The second kappa shape index (κ2) is 18.3. The van der Waals surface area contributed by atoms with Crippen molar-refractivity contribution in [1.82, 2.24) is 20.1 Å². The molecule has 1 aliphatic heterocycles. The number of hydrogen-bond acceptors (Lipinski definition) is 9. The highest BCUT2D eigenvalue weighted by molar-refractivity contribution is 6.90. The Hall–Kier alpha value is -4.28. The van der Waals surface area contributed by atoms with Gasteiger partial charge in [-0.3, -0.25) is 29.1 Å². The molecule has 0 bridgehead atoms. The van der Waals surface area contributed by atoms with Crippen LogP contribution < -0.4 is 26.4 Å². The molecule has 0 aliphatic carbocycles. The van der Waals surface area contributed by atoms with Crippen LogP contribution in [0.25, 0.3) is 11.0 Å². The van der Waals surface area contributed by atoms with Gasteiger partial charge in [0.25, 0.3) is 17.5 Å². The predicted octanol–water partition coefficient (Wildman–Crippen LogP) is 1.54. The number of imide groups is 1. The van der Waals surface area contributed by atoms with Crippen LogP contribution in [0.3, 0.4) is 0 Å². The molecule has 3 heterocycles. The molecule has 2 aromatic rings. The number of aryl methyl sites for hydroxylation is 1. The first-order chi connectivity index (χ1) is 24.0. The van der Waals surface area contributed by atoms with Gasteiger partial charge >= 0.3 is 8.41 Å². The first-order valence-electron chi connectivity index (χ1n) is 17.2. The number of hydrazone groups is 1. The van der Waals surface area contributed by atoms with Gasteiger partial charge in [-0.25, -0.2) is 9.13 Å². The third kappa shape index (κ3) is 10.9. The van der Waals surface area contributed by atoms with E-state index in [9.17, 15) is 19.2 Å². The van der Waals surface area contributed by atoms with Crippen LogP contribution in [0.2, 0.25) is 10.1 Å². The van der Waals surface area contributed by atoms with Gasteiger partial charge in [0.1, 0.15) is 17.6 Å². The molecule has 280 valence electrons. The molecule has 1 aliphatic rings. The summed E-state index contributed by atoms with van der Waals surface area (Å²) in [6, 6.07) is 5.93. The number of nitrogens with two attached hydrogens (primary N) is 1. The number of ether oxygens (including phenoxy) is 2. The monoisotopic (exact) mass is 729 g/mol. The molecule has 0 atom stereocenters. The predicted molar refractivity (Wildman–Crippen MR) is 197 cm³/mol. The summed E-state index contributed by atoms with van der Waals surface area (Å²) in [7, 11) is -1.69. The number of nitrogens with one attached hydrogen (secondary N) is 2. The standard InChI is InChI=1S/C35H53FN8O6Si/c1-34(2,3)51(36,35(4,5)6)32-23-26-9-8-17-42(7)33(26)44(32)25-27(41-37)24-38-14-20-50-22-16-40-29(46)13-19-49-21-15-39-28(45)12-18-43-30(47)10-11-31(43)48/h8-11,17,23-24H,12-16,18-22,25H2,1-7H3,(H3-,37,38,39,40,45,46)/p+1. The number of hydrogen-bond donors (Lipinski definition) is 3. The first-order valence-corrected chi connectivity index (χ1v) is 19.1. The minimum Gasteiger partial charge on any atom is -0.379 e. The fourth-order valence-electron chi connectivity index (χ4n) is 6.26. The fraction of sp³-hybridized carbons (Fsp3) is 0.571. The number of nitrogens with zero attached hydrogens (tertiary/aromatic N) is 5. The van der Waals surface area contributed by atoms with E-state index in [1.807, 2.05) is 82.1 Å². The van der Waals surface area contributed by atoms with Crippen LogP contribution in [0.15, 0.2) is 46.6 Å². The maximum atomic E-state index is 17.6. The lowest BCUT2D eigenvalue weighted by molar-refractivity contribution is -0.647. The van der Waals surface area contributed by atoms with Crippen molar-refractivity contribution >= 4 is 60.3 Å². The maximum Gasteiger partial charge on any atom is 0.330 e. The van der Waals surface area contributed by atoms with Crippen molar-refractivity contribution in [2.24, 2.45) is 23.0 Å². The third-order valence-electron chi connectivity index (χ3n) is 8.60. The van der Waals surface area contributed by atoms with Crippen LogP contribution in [-0.4, -0.2) is 106 Å². The van der Waals surface area contributed by atoms with Crippen molar-refractivity contribution in [3.05, 3.63) is 36.5 Å². The smallest absolute Gasteiger partial charge is 0.330 e. The van der Waals surface area contributed by atoms with E-state index in [1.54, 1.807) is 6.21 Å². The molecule has 4 N–H and O–H groups in total. The van der Waals surface area contributed by atoms with Crippen molar-refractivity contribution in [3.63, 3.8) is 0 Å². The molecule has 0 saturated carbocycles. The van der Waals surface area contributed by atoms with Crippen molar-refractivity contribution in [2.75, 3.05) is 52.6 Å². The van der Waals surface area contributed by atoms with Gasteiger partial charge in [-0.05, 0) is 28.3 Å². The molecule has 0 saturated heterocycles. The molecule has 14 nitrogen and oxygen atoms in total. The SMILES string of the molecule is C[n+]1cccc2cc([Si](F)(C(C)(C)C)C(C)(C)C)n(C/C(C=NCCOCCNC(=O)CCOCCNC(=O)CCN3C(=O)C=CC3=O)=N/N)c21. The largest absolute Gasteiger partial charge is 0.379 e. The van der Waals surface area contributed by atoms with Gasteiger partial charge < -0.3 is 30.1 Å². The third-order valence-corrected chi connectivity index (χ3v) is 13.9. The Bertz CT molecular complexity index is 1610. The summed E-state index contributed by atoms with van der Waals surface area (Å²) >= 11 is 0. The van der Waals surface area contributed by atoms with Crippen molar-refractivity contribution < 1.29 is 37.3 Å². The summed E-state index contributed by atoms with van der Waals surface area (Å²) in [5.74, 6) is 4.45. The van der Waals surface area contributed by atoms with E-state index in [4.69, 9.17) is 15.3 Å². The van der Waals surface area contributed by atoms with Crippen LogP contribution >= 0.6 is 0 Å². The molecule has 0 spiro atoms. The van der Waals surface area contributed by atoms with Crippen molar-refractivity contribution in [3.8, 4) is 0 Å². The molecule has 2 aromatic heterocycles. The van der Waals surface area contributed by atoms with Crippen LogP contribution in [0, 0.1) is 0 Å². The molecule has 0 radical (unpaired) electrons. The zero-order chi connectivity index (χ0) is 37.8. The average molecular weight is 730 g/mol. The second-order valence-electron chi connectivity index (χ2n) is 14.4. The van der Waals surface area contributed by atoms with E-state index in [1.165, 1.54) is 12.2 Å². The first kappa shape index (κ1) is 41.1. The summed E-state index contributed by atoms with van der Waals surface area (Å²) in [5.41, 5.74) is 1.38. The lowest BCUT2D eigenvalue weighted by Crippen LogP contribution is -2.60. The number of carbonyl (C=O) groups excluding carboxylic acids is 4. The lowest BCUT2D eigenvalue weighted by atomic mass is 10.2. The van der Waals surface area contributed by atoms with Gasteiger partial charge in [0, 0.05) is 50.8 Å². The Labute approximate surface area is 300 Å². The molecule has 3 rings (SSSR count). The Morgan fingerprint density at radius 3 is 2.14 bits per heavy atom. The molecule has 0 fully saturated rings. The van der Waals surface area contributed by atoms with Gasteiger partial charge in [0.2, 0.25) is 11.8 Å². The van der Waals surface area contributed by atoms with E-state index < -0.39 is 30.3 Å². The highest BCUT2D eigenvalue weighted by Crippen LogP contribution is 2.51. The summed E-state index contributed by atoms with van der Waals surface area (Å²) in [6.45, 7) is 14.1. The molecule has 4 amide bonds. The van der Waals surface area contributed by atoms with Crippen LogP contribution in [0.5, 0.6) is 0 Å². The van der Waals surface area contributed by atoms with Gasteiger partial charge in [0.05, 0.1) is 51.6 Å². The topological polar surface area (TPSA) is 174 Å². The summed E-state index contributed by atoms with van der Waals surface area (Å²) in [6.07, 6.45) is 6.05. The highest BCUT2D eigenvalue weighted by atomic mass is 28.4. The number of pyridine rings is 1. The molecule has 51 heavy (non-hydrogen) atoms. The fourth-order valence-corrected chi connectivity index (χ4v) is 11.0. The Kier molecular flexibility index (Phi) is 14.7. The second-order valence-corrected chi connectivity index (χ2v) is 19.2. The quantitative estimate of drug-likeness (QED) is 0.0288. The molecule has 16 heteroatoms. The van der Waals surface area contributed by atoms with Crippen LogP contribution in [-0.2, 0) is 42.2 Å². The summed E-state index contributed by atoms with van der Waals surface area (Å²) < 4.78 is 32.5.